The lowest BCUT2D eigenvalue weighted by Gasteiger charge is -2.03. The van der Waals surface area contributed by atoms with Gasteiger partial charge in [-0.2, -0.15) is 5.26 Å². The molecule has 0 atom stereocenters. The number of hydrogen-bond acceptors (Lipinski definition) is 2. The molecule has 1 aromatic carbocycles. The van der Waals surface area contributed by atoms with E-state index in [2.05, 4.69) is 4.98 Å². The largest absolute Gasteiger partial charge is 0.321 e. The molecular formula is C16H9ClFN3. The molecule has 2 heterocycles. The van der Waals surface area contributed by atoms with Crippen LogP contribution in [0.4, 0.5) is 4.39 Å². The van der Waals surface area contributed by atoms with Crippen molar-refractivity contribution in [2.24, 2.45) is 0 Å². The van der Waals surface area contributed by atoms with Crippen molar-refractivity contribution in [1.29, 1.82) is 5.26 Å². The molecule has 2 aromatic heterocycles. The number of pyridine rings is 1. The Morgan fingerprint density at radius 1 is 1.19 bits per heavy atom. The van der Waals surface area contributed by atoms with Crippen molar-refractivity contribution >= 4 is 11.6 Å². The van der Waals surface area contributed by atoms with Gasteiger partial charge in [0.1, 0.15) is 5.82 Å². The number of aromatic nitrogens is 2. The highest BCUT2D eigenvalue weighted by atomic mass is 35.5. The van der Waals surface area contributed by atoms with Gasteiger partial charge in [-0.1, -0.05) is 17.7 Å². The van der Waals surface area contributed by atoms with Gasteiger partial charge in [0.05, 0.1) is 22.3 Å². The first-order valence-corrected chi connectivity index (χ1v) is 6.55. The van der Waals surface area contributed by atoms with Crippen LogP contribution >= 0.6 is 11.6 Å². The van der Waals surface area contributed by atoms with E-state index in [1.165, 1.54) is 12.1 Å². The van der Waals surface area contributed by atoms with E-state index < -0.39 is 5.82 Å². The normalized spacial score (nSPS) is 10.3. The van der Waals surface area contributed by atoms with Gasteiger partial charge < -0.3 is 4.57 Å². The minimum Gasteiger partial charge on any atom is -0.321 e. The summed E-state index contributed by atoms with van der Waals surface area (Å²) in [4.78, 5) is 4.24. The number of halogens is 2. The Morgan fingerprint density at radius 2 is 2.05 bits per heavy atom. The Hall–Kier alpha value is -2.64. The molecule has 0 N–H and O–H groups in total. The summed E-state index contributed by atoms with van der Waals surface area (Å²) in [6.07, 6.45) is 5.11. The molecule has 0 saturated heterocycles. The lowest BCUT2D eigenvalue weighted by molar-refractivity contribution is 0.626. The zero-order valence-corrected chi connectivity index (χ0v) is 11.5. The third kappa shape index (κ3) is 2.64. The van der Waals surface area contributed by atoms with Crippen molar-refractivity contribution in [2.45, 2.75) is 0 Å². The predicted octanol–water partition coefficient (Wildman–Crippen LogP) is 4.20. The van der Waals surface area contributed by atoms with E-state index in [1.54, 1.807) is 29.2 Å². The monoisotopic (exact) mass is 297 g/mol. The predicted molar refractivity (Wildman–Crippen MR) is 78.7 cm³/mol. The third-order valence-electron chi connectivity index (χ3n) is 3.03. The second kappa shape index (κ2) is 5.39. The van der Waals surface area contributed by atoms with E-state index in [4.69, 9.17) is 16.9 Å². The van der Waals surface area contributed by atoms with Gasteiger partial charge in [-0.25, -0.2) is 4.39 Å². The van der Waals surface area contributed by atoms with Crippen LogP contribution in [0.1, 0.15) is 5.56 Å². The summed E-state index contributed by atoms with van der Waals surface area (Å²) in [6.45, 7) is 0. The van der Waals surface area contributed by atoms with Gasteiger partial charge >= 0.3 is 0 Å². The van der Waals surface area contributed by atoms with Gasteiger partial charge in [-0.05, 0) is 30.3 Å². The zero-order chi connectivity index (χ0) is 14.8. The number of nitrogens with zero attached hydrogens (tertiary/aromatic N) is 3. The van der Waals surface area contributed by atoms with E-state index >= 15 is 0 Å². The summed E-state index contributed by atoms with van der Waals surface area (Å²) in [5.74, 6) is -0.465. The summed E-state index contributed by atoms with van der Waals surface area (Å²) in [5, 5.41) is 9.42. The molecule has 0 radical (unpaired) electrons. The number of nitriles is 1. The van der Waals surface area contributed by atoms with Crippen LogP contribution in [0.5, 0.6) is 0 Å². The highest BCUT2D eigenvalue weighted by molar-refractivity contribution is 6.33. The second-order valence-electron chi connectivity index (χ2n) is 4.45. The third-order valence-corrected chi connectivity index (χ3v) is 3.33. The highest BCUT2D eigenvalue weighted by Crippen LogP contribution is 2.29. The fraction of sp³-hybridized carbons (Fsp3) is 0. The lowest BCUT2D eigenvalue weighted by Crippen LogP contribution is -1.92. The summed E-state index contributed by atoms with van der Waals surface area (Å²) in [6, 6.07) is 11.6. The molecule has 3 rings (SSSR count). The van der Waals surface area contributed by atoms with Gasteiger partial charge in [0, 0.05) is 29.8 Å². The van der Waals surface area contributed by atoms with Crippen molar-refractivity contribution in [3.63, 3.8) is 0 Å². The Morgan fingerprint density at radius 3 is 2.76 bits per heavy atom. The van der Waals surface area contributed by atoms with E-state index in [0.29, 0.717) is 10.7 Å². The molecule has 0 saturated carbocycles. The first-order chi connectivity index (χ1) is 10.2. The molecule has 0 aliphatic rings. The van der Waals surface area contributed by atoms with Crippen LogP contribution in [0.25, 0.3) is 16.9 Å². The molecule has 0 bridgehead atoms. The van der Waals surface area contributed by atoms with Gasteiger partial charge in [0.25, 0.3) is 0 Å². The SMILES string of the molecule is N#Cc1cc(F)cc(-n2cc(Cl)c(-c3ccccn3)c2)c1. The molecular weight excluding hydrogens is 289 g/mol. The number of hydrogen-bond donors (Lipinski definition) is 0. The van der Waals surface area contributed by atoms with Crippen molar-refractivity contribution in [3.05, 3.63) is 71.4 Å². The molecule has 0 unspecified atom stereocenters. The summed E-state index contributed by atoms with van der Waals surface area (Å²) >= 11 is 6.22. The average Bonchev–Trinajstić information content (AvgIpc) is 2.89. The fourth-order valence-corrected chi connectivity index (χ4v) is 2.33. The van der Waals surface area contributed by atoms with Crippen molar-refractivity contribution in [1.82, 2.24) is 9.55 Å². The quantitative estimate of drug-likeness (QED) is 0.711. The maximum absolute atomic E-state index is 13.5. The molecule has 0 aliphatic heterocycles. The van der Waals surface area contributed by atoms with Crippen LogP contribution in [-0.4, -0.2) is 9.55 Å². The molecule has 0 amide bonds. The van der Waals surface area contributed by atoms with Crippen LogP contribution < -0.4 is 0 Å². The summed E-state index contributed by atoms with van der Waals surface area (Å²) in [5.41, 5.74) is 2.28. The van der Waals surface area contributed by atoms with Gasteiger partial charge in [-0.3, -0.25) is 4.98 Å². The number of benzene rings is 1. The first-order valence-electron chi connectivity index (χ1n) is 6.17. The molecule has 0 aliphatic carbocycles. The van der Waals surface area contributed by atoms with Gasteiger partial charge in [0.2, 0.25) is 0 Å². The average molecular weight is 298 g/mol. The molecule has 0 spiro atoms. The molecule has 3 aromatic rings. The second-order valence-corrected chi connectivity index (χ2v) is 4.86. The van der Waals surface area contributed by atoms with Crippen LogP contribution in [0.3, 0.4) is 0 Å². The maximum atomic E-state index is 13.5. The van der Waals surface area contributed by atoms with Crippen LogP contribution in [0.15, 0.2) is 55.0 Å². The Bertz CT molecular complexity index is 834. The van der Waals surface area contributed by atoms with Gasteiger partial charge in [0.15, 0.2) is 0 Å². The van der Waals surface area contributed by atoms with Crippen LogP contribution in [0, 0.1) is 17.1 Å². The van der Waals surface area contributed by atoms with Gasteiger partial charge in [-0.15, -0.1) is 0 Å². The van der Waals surface area contributed by atoms with Crippen molar-refractivity contribution in [3.8, 4) is 23.0 Å². The Kier molecular flexibility index (Phi) is 3.43. The van der Waals surface area contributed by atoms with E-state index in [1.807, 2.05) is 24.3 Å². The maximum Gasteiger partial charge on any atom is 0.126 e. The number of rotatable bonds is 2. The molecule has 21 heavy (non-hydrogen) atoms. The smallest absolute Gasteiger partial charge is 0.126 e. The van der Waals surface area contributed by atoms with E-state index in [9.17, 15) is 4.39 Å². The lowest BCUT2D eigenvalue weighted by atomic mass is 10.2. The molecule has 0 fully saturated rings. The Balaban J connectivity index is 2.10. The molecule has 5 heteroatoms. The summed E-state index contributed by atoms with van der Waals surface area (Å²) in [7, 11) is 0. The topological polar surface area (TPSA) is 41.6 Å². The standard InChI is InChI=1S/C16H9ClFN3/c17-15-10-21(9-14(15)16-3-1-2-4-20-16)13-6-11(8-19)5-12(18)7-13/h1-7,9-10H. The minimum absolute atomic E-state index is 0.259. The fourth-order valence-electron chi connectivity index (χ4n) is 2.08. The zero-order valence-electron chi connectivity index (χ0n) is 10.8. The van der Waals surface area contributed by atoms with E-state index in [-0.39, 0.29) is 5.56 Å². The van der Waals surface area contributed by atoms with Crippen molar-refractivity contribution in [2.75, 3.05) is 0 Å². The summed E-state index contributed by atoms with van der Waals surface area (Å²) < 4.78 is 15.2. The van der Waals surface area contributed by atoms with Crippen LogP contribution in [0.2, 0.25) is 5.02 Å². The van der Waals surface area contributed by atoms with E-state index in [0.717, 1.165) is 11.3 Å². The molecule has 102 valence electrons. The highest BCUT2D eigenvalue weighted by Gasteiger charge is 2.10. The minimum atomic E-state index is -0.465. The van der Waals surface area contributed by atoms with Crippen LogP contribution in [-0.2, 0) is 0 Å². The molecule has 3 nitrogen and oxygen atoms in total. The Labute approximate surface area is 125 Å². The first kappa shape index (κ1) is 13.3. The van der Waals surface area contributed by atoms with Crippen molar-refractivity contribution < 1.29 is 4.39 Å².